The summed E-state index contributed by atoms with van der Waals surface area (Å²) in [7, 11) is 0. The van der Waals surface area contributed by atoms with Gasteiger partial charge in [-0.05, 0) is 111 Å². The quantitative estimate of drug-likeness (QED) is 0.0541. The molecule has 0 aromatic carbocycles. The molecule has 8 atom stereocenters. The van der Waals surface area contributed by atoms with Crippen molar-refractivity contribution in [3.63, 3.8) is 0 Å². The van der Waals surface area contributed by atoms with E-state index in [4.69, 9.17) is 14.6 Å². The number of ether oxygens (including phenoxy) is 2. The van der Waals surface area contributed by atoms with E-state index >= 15 is 4.79 Å². The van der Waals surface area contributed by atoms with Crippen LogP contribution in [0.3, 0.4) is 0 Å². The predicted octanol–water partition coefficient (Wildman–Crippen LogP) is 2.64. The summed E-state index contributed by atoms with van der Waals surface area (Å²) in [5, 5.41) is 24.6. The van der Waals surface area contributed by atoms with Gasteiger partial charge < -0.3 is 51.4 Å². The molecule has 0 spiro atoms. The van der Waals surface area contributed by atoms with Crippen LogP contribution in [0.15, 0.2) is 0 Å². The first-order valence-corrected chi connectivity index (χ1v) is 25.4. The Balaban J connectivity index is 1.96. The molecule has 3 aliphatic rings. The third-order valence-corrected chi connectivity index (χ3v) is 12.9. The minimum absolute atomic E-state index is 0.0524. The summed E-state index contributed by atoms with van der Waals surface area (Å²) in [6, 6.07) is -7.83. The molecular weight excluding hydrogens is 923 g/mol. The number of Topliss-reactive ketones (excluding diaryl/α,β-unsaturated/α-hetero) is 1. The lowest BCUT2D eigenvalue weighted by Gasteiger charge is -2.39. The SMILES string of the molecule is CCCC(NC(=O)[C@@H]1C[C@@H]2CCCC[C@@H]2N1C(=O)C(NC(=O)C(NC(=O)C(CCC(=O)OC(C)(C)C)NC(=O)C(CCC(=O)OC(C)(C)C)NC(C)=O)C(C)C)C1CCCCC1)C(=O)C(=O)NCC(=O)O. The van der Waals surface area contributed by atoms with Crippen molar-refractivity contribution in [1.82, 2.24) is 36.8 Å². The van der Waals surface area contributed by atoms with E-state index in [1.54, 1.807) is 67.2 Å². The van der Waals surface area contributed by atoms with E-state index in [0.717, 1.165) is 38.5 Å². The summed E-state index contributed by atoms with van der Waals surface area (Å²) in [4.78, 5) is 149. The van der Waals surface area contributed by atoms with Crippen molar-refractivity contribution in [2.24, 2.45) is 17.8 Å². The van der Waals surface area contributed by atoms with Crippen molar-refractivity contribution in [1.29, 1.82) is 0 Å². The van der Waals surface area contributed by atoms with E-state index in [0.29, 0.717) is 25.7 Å². The second-order valence-electron chi connectivity index (χ2n) is 21.6. The van der Waals surface area contributed by atoms with Crippen LogP contribution in [0.5, 0.6) is 0 Å². The molecule has 21 nitrogen and oxygen atoms in total. The topological polar surface area (TPSA) is 302 Å². The van der Waals surface area contributed by atoms with Crippen LogP contribution in [0.4, 0.5) is 0 Å². The number of rotatable bonds is 24. The van der Waals surface area contributed by atoms with Gasteiger partial charge in [0.15, 0.2) is 0 Å². The highest BCUT2D eigenvalue weighted by molar-refractivity contribution is 6.38. The van der Waals surface area contributed by atoms with E-state index in [-0.39, 0.29) is 56.4 Å². The Kier molecular flexibility index (Phi) is 22.9. The van der Waals surface area contributed by atoms with E-state index in [2.05, 4.69) is 31.9 Å². The van der Waals surface area contributed by atoms with Crippen LogP contribution in [0.25, 0.3) is 0 Å². The first kappa shape index (κ1) is 59.7. The monoisotopic (exact) mass is 1000 g/mol. The van der Waals surface area contributed by atoms with E-state index in [1.807, 2.05) is 0 Å². The zero-order chi connectivity index (χ0) is 53.4. The van der Waals surface area contributed by atoms with Crippen molar-refractivity contribution >= 4 is 65.0 Å². The number of carboxylic acids is 1. The molecule has 0 bridgehead atoms. The second-order valence-corrected chi connectivity index (χ2v) is 21.6. The lowest BCUT2D eigenvalue weighted by molar-refractivity contribution is -0.156. The van der Waals surface area contributed by atoms with Crippen LogP contribution < -0.4 is 31.9 Å². The third-order valence-electron chi connectivity index (χ3n) is 12.9. The minimum Gasteiger partial charge on any atom is -0.480 e. The first-order valence-electron chi connectivity index (χ1n) is 25.4. The number of fused-ring (bicyclic) bond motifs is 1. The Labute approximate surface area is 417 Å². The fraction of sp³-hybridized carbons (Fsp3) is 0.780. The van der Waals surface area contributed by atoms with Gasteiger partial charge in [-0.15, -0.1) is 0 Å². The number of likely N-dealkylation sites (tertiary alicyclic amines) is 1. The standard InChI is InChI=1S/C50H81N7O14/c1-11-17-32(42(63)47(68)51-27-37(59)60)53-45(66)36-26-31-20-15-16-21-35(31)57(36)48(69)41(30-18-13-12-14-19-30)56-46(67)40(28(2)3)55-44(65)34(23-25-39(62)71-50(8,9)10)54-43(64)33(52-29(4)58)22-24-38(61)70-49(5,6)7/h28,30-36,40-41H,11-27H2,1-10H3,(H,51,68)(H,52,58)(H,53,66)(H,54,64)(H,55,65)(H,56,67)(H,59,60)/t31-,32?,33?,34?,35-,36-,40?,41?/m0/s1. The number of nitrogens with one attached hydrogen (secondary N) is 6. The lowest BCUT2D eigenvalue weighted by atomic mass is 9.82. The lowest BCUT2D eigenvalue weighted by Crippen LogP contribution is -2.62. The number of hydrogen-bond acceptors (Lipinski definition) is 13. The summed E-state index contributed by atoms with van der Waals surface area (Å²) in [6.07, 6.45) is 6.43. The Bertz CT molecular complexity index is 1940. The fourth-order valence-electron chi connectivity index (χ4n) is 9.64. The zero-order valence-electron chi connectivity index (χ0n) is 43.5. The Morgan fingerprint density at radius 3 is 1.70 bits per heavy atom. The normalized spacial score (nSPS) is 20.4. The molecule has 400 valence electrons. The van der Waals surface area contributed by atoms with Crippen LogP contribution in [0.1, 0.15) is 172 Å². The minimum atomic E-state index is -1.45. The maximum atomic E-state index is 15.3. The molecule has 21 heteroatoms. The molecule has 5 unspecified atom stereocenters. The van der Waals surface area contributed by atoms with Crippen LogP contribution in [-0.4, -0.2) is 135 Å². The number of ketones is 1. The number of esters is 2. The van der Waals surface area contributed by atoms with Crippen molar-refractivity contribution in [2.75, 3.05) is 6.54 Å². The van der Waals surface area contributed by atoms with Gasteiger partial charge in [-0.2, -0.15) is 0 Å². The molecule has 1 saturated heterocycles. The maximum absolute atomic E-state index is 15.3. The van der Waals surface area contributed by atoms with Crippen LogP contribution in [0.2, 0.25) is 0 Å². The summed E-state index contributed by atoms with van der Waals surface area (Å²) < 4.78 is 10.8. The molecule has 2 aliphatic carbocycles. The molecule has 0 radical (unpaired) electrons. The van der Waals surface area contributed by atoms with Gasteiger partial charge in [0.2, 0.25) is 41.2 Å². The smallest absolute Gasteiger partial charge is 0.322 e. The summed E-state index contributed by atoms with van der Waals surface area (Å²) in [5.74, 6) is -9.88. The van der Waals surface area contributed by atoms with Crippen LogP contribution >= 0.6 is 0 Å². The molecular formula is C50H81N7O14. The van der Waals surface area contributed by atoms with Crippen LogP contribution in [0, 0.1) is 17.8 Å². The molecule has 7 amide bonds. The number of amides is 7. The zero-order valence-corrected chi connectivity index (χ0v) is 43.5. The van der Waals surface area contributed by atoms with Gasteiger partial charge in [0, 0.05) is 25.8 Å². The van der Waals surface area contributed by atoms with Gasteiger partial charge in [0.05, 0.1) is 6.04 Å². The summed E-state index contributed by atoms with van der Waals surface area (Å²) in [5.41, 5.74) is -1.67. The molecule has 3 fully saturated rings. The molecule has 2 saturated carbocycles. The molecule has 1 aliphatic heterocycles. The molecule has 71 heavy (non-hydrogen) atoms. The Morgan fingerprint density at radius 2 is 1.18 bits per heavy atom. The average molecular weight is 1000 g/mol. The number of carbonyl (C=O) groups excluding carboxylic acids is 10. The first-order chi connectivity index (χ1) is 33.1. The predicted molar refractivity (Wildman–Crippen MR) is 258 cm³/mol. The molecule has 3 rings (SSSR count). The number of aliphatic carboxylic acids is 1. The number of hydrogen-bond donors (Lipinski definition) is 7. The number of carbonyl (C=O) groups is 11. The van der Waals surface area contributed by atoms with Crippen molar-refractivity contribution in [3.05, 3.63) is 0 Å². The maximum Gasteiger partial charge on any atom is 0.322 e. The number of carboxylic acid groups (broad SMARTS) is 1. The molecule has 0 aromatic heterocycles. The van der Waals surface area contributed by atoms with Crippen LogP contribution in [-0.2, 0) is 62.2 Å². The summed E-state index contributed by atoms with van der Waals surface area (Å²) in [6.45, 7) is 15.6. The third kappa shape index (κ3) is 19.5. The number of nitrogens with zero attached hydrogens (tertiary/aromatic N) is 1. The van der Waals surface area contributed by atoms with E-state index in [1.165, 1.54) is 6.92 Å². The van der Waals surface area contributed by atoms with Gasteiger partial charge in [0.25, 0.3) is 5.91 Å². The molecule has 0 aromatic rings. The average Bonchev–Trinajstić information content (AvgIpc) is 3.67. The van der Waals surface area contributed by atoms with Gasteiger partial charge in [-0.25, -0.2) is 0 Å². The van der Waals surface area contributed by atoms with Crippen molar-refractivity contribution < 1.29 is 67.3 Å². The van der Waals surface area contributed by atoms with Crippen molar-refractivity contribution in [3.8, 4) is 0 Å². The highest BCUT2D eigenvalue weighted by atomic mass is 16.6. The highest BCUT2D eigenvalue weighted by Gasteiger charge is 2.51. The summed E-state index contributed by atoms with van der Waals surface area (Å²) >= 11 is 0. The Hall–Kier alpha value is -5.63. The van der Waals surface area contributed by atoms with E-state index in [9.17, 15) is 47.9 Å². The molecule has 1 heterocycles. The van der Waals surface area contributed by atoms with E-state index < -0.39 is 125 Å². The Morgan fingerprint density at radius 1 is 0.648 bits per heavy atom. The molecule has 7 N–H and O–H groups in total. The van der Waals surface area contributed by atoms with Gasteiger partial charge in [0.1, 0.15) is 48.0 Å². The van der Waals surface area contributed by atoms with Gasteiger partial charge >= 0.3 is 17.9 Å². The highest BCUT2D eigenvalue weighted by Crippen LogP contribution is 2.41. The van der Waals surface area contributed by atoms with Gasteiger partial charge in [-0.1, -0.05) is 59.3 Å². The largest absolute Gasteiger partial charge is 0.480 e. The van der Waals surface area contributed by atoms with Crippen molar-refractivity contribution in [2.45, 2.75) is 225 Å². The second kappa shape index (κ2) is 27.3. The fourth-order valence-corrected chi connectivity index (χ4v) is 9.64. The van der Waals surface area contributed by atoms with Gasteiger partial charge in [-0.3, -0.25) is 52.7 Å².